The molecule has 6 heteroatoms. The molecule has 1 aromatic carbocycles. The van der Waals surface area contributed by atoms with Crippen molar-refractivity contribution in [3.63, 3.8) is 0 Å². The number of rotatable bonds is 4. The molecular weight excluding hydrogens is 308 g/mol. The summed E-state index contributed by atoms with van der Waals surface area (Å²) in [5.41, 5.74) is 0.935. The number of amides is 1. The van der Waals surface area contributed by atoms with Crippen molar-refractivity contribution in [3.05, 3.63) is 53.9 Å². The quantitative estimate of drug-likeness (QED) is 0.900. The van der Waals surface area contributed by atoms with Crippen LogP contribution < -0.4 is 0 Å². The van der Waals surface area contributed by atoms with Crippen LogP contribution >= 0.6 is 0 Å². The summed E-state index contributed by atoms with van der Waals surface area (Å²) in [5.74, 6) is -0.794. The first-order valence-electron chi connectivity index (χ1n) is 7.96. The van der Waals surface area contributed by atoms with Crippen molar-refractivity contribution in [2.24, 2.45) is 0 Å². The van der Waals surface area contributed by atoms with Crippen molar-refractivity contribution >= 4 is 5.91 Å². The Bertz CT molecular complexity index is 685. The first kappa shape index (κ1) is 16.3. The number of pyridine rings is 1. The van der Waals surface area contributed by atoms with Gasteiger partial charge in [-0.15, -0.1) is 0 Å². The lowest BCUT2D eigenvalue weighted by molar-refractivity contribution is -0.00696. The predicted molar refractivity (Wildman–Crippen MR) is 87.7 cm³/mol. The van der Waals surface area contributed by atoms with Crippen molar-refractivity contribution in [1.82, 2.24) is 9.88 Å². The summed E-state index contributed by atoms with van der Waals surface area (Å²) in [6.07, 6.45) is 5.08. The number of benzene rings is 1. The van der Waals surface area contributed by atoms with Crippen molar-refractivity contribution in [2.45, 2.75) is 25.6 Å². The van der Waals surface area contributed by atoms with Gasteiger partial charge in [0, 0.05) is 25.5 Å². The molecule has 24 heavy (non-hydrogen) atoms. The smallest absolute Gasteiger partial charge is 0.261 e. The molecule has 1 fully saturated rings. The van der Waals surface area contributed by atoms with E-state index in [0.29, 0.717) is 19.7 Å². The minimum Gasteiger partial charge on any atom is -0.507 e. The van der Waals surface area contributed by atoms with Crippen LogP contribution in [-0.4, -0.2) is 45.2 Å². The van der Waals surface area contributed by atoms with Gasteiger partial charge in [0.15, 0.2) is 0 Å². The fraction of sp³-hybridized carbons (Fsp3) is 0.333. The zero-order valence-corrected chi connectivity index (χ0v) is 13.3. The topological polar surface area (TPSA) is 82.9 Å². The van der Waals surface area contributed by atoms with E-state index in [9.17, 15) is 15.0 Å². The van der Waals surface area contributed by atoms with Crippen LogP contribution in [0.3, 0.4) is 0 Å². The fourth-order valence-electron chi connectivity index (χ4n) is 2.86. The van der Waals surface area contributed by atoms with E-state index in [-0.39, 0.29) is 29.1 Å². The highest BCUT2D eigenvalue weighted by molar-refractivity contribution is 5.99. The van der Waals surface area contributed by atoms with Crippen LogP contribution in [0.15, 0.2) is 42.7 Å². The number of phenolic OH excluding ortho intramolecular Hbond substituents is 2. The molecule has 1 aromatic heterocycles. The molecule has 0 aliphatic carbocycles. The van der Waals surface area contributed by atoms with E-state index in [2.05, 4.69) is 4.98 Å². The zero-order valence-electron chi connectivity index (χ0n) is 13.3. The SMILES string of the molecule is O=C(c1c(O)cccc1O)N1CCC[C@@H](OCc2cccnc2)C1. The summed E-state index contributed by atoms with van der Waals surface area (Å²) in [5, 5.41) is 19.7. The molecule has 0 bridgehead atoms. The first-order chi connectivity index (χ1) is 11.6. The Morgan fingerprint density at radius 2 is 2.04 bits per heavy atom. The maximum absolute atomic E-state index is 12.6. The molecule has 1 amide bonds. The van der Waals surface area contributed by atoms with Crippen molar-refractivity contribution in [3.8, 4) is 11.5 Å². The number of aromatic nitrogens is 1. The highest BCUT2D eigenvalue weighted by Gasteiger charge is 2.28. The molecule has 0 unspecified atom stereocenters. The highest BCUT2D eigenvalue weighted by atomic mass is 16.5. The average Bonchev–Trinajstić information content (AvgIpc) is 2.61. The maximum Gasteiger partial charge on any atom is 0.261 e. The normalized spacial score (nSPS) is 17.7. The van der Waals surface area contributed by atoms with Crippen LogP contribution in [0.4, 0.5) is 0 Å². The Hall–Kier alpha value is -2.60. The number of carbonyl (C=O) groups excluding carboxylic acids is 1. The molecule has 0 saturated carbocycles. The van der Waals surface area contributed by atoms with Crippen LogP contribution in [0.1, 0.15) is 28.8 Å². The lowest BCUT2D eigenvalue weighted by atomic mass is 10.1. The van der Waals surface area contributed by atoms with Crippen molar-refractivity contribution in [1.29, 1.82) is 0 Å². The maximum atomic E-state index is 12.6. The molecular formula is C18H20N2O4. The van der Waals surface area contributed by atoms with Crippen LogP contribution in [0.2, 0.25) is 0 Å². The number of nitrogens with zero attached hydrogens (tertiary/aromatic N) is 2. The Morgan fingerprint density at radius 1 is 1.25 bits per heavy atom. The van der Waals surface area contributed by atoms with E-state index < -0.39 is 0 Å². The molecule has 2 N–H and O–H groups in total. The summed E-state index contributed by atoms with van der Waals surface area (Å²) in [4.78, 5) is 18.3. The van der Waals surface area contributed by atoms with Gasteiger partial charge in [-0.05, 0) is 36.6 Å². The van der Waals surface area contributed by atoms with Crippen LogP contribution in [0.25, 0.3) is 0 Å². The van der Waals surface area contributed by atoms with Gasteiger partial charge in [0.2, 0.25) is 0 Å². The van der Waals surface area contributed by atoms with Crippen LogP contribution in [0.5, 0.6) is 11.5 Å². The second kappa shape index (κ2) is 7.31. The lowest BCUT2D eigenvalue weighted by Gasteiger charge is -2.33. The van der Waals surface area contributed by atoms with Crippen molar-refractivity contribution < 1.29 is 19.7 Å². The predicted octanol–water partition coefficient (Wildman–Crippen LogP) is 2.31. The van der Waals surface area contributed by atoms with Crippen molar-refractivity contribution in [2.75, 3.05) is 13.1 Å². The Morgan fingerprint density at radius 3 is 2.75 bits per heavy atom. The van der Waals surface area contributed by atoms with Crippen LogP contribution in [0, 0.1) is 0 Å². The second-order valence-corrected chi connectivity index (χ2v) is 5.86. The third kappa shape index (κ3) is 3.65. The molecule has 3 rings (SSSR count). The number of aromatic hydroxyl groups is 2. The third-order valence-corrected chi connectivity index (χ3v) is 4.11. The van der Waals surface area contributed by atoms with Gasteiger partial charge in [-0.3, -0.25) is 9.78 Å². The van der Waals surface area contributed by atoms with Gasteiger partial charge < -0.3 is 19.8 Å². The van der Waals surface area contributed by atoms with Gasteiger partial charge in [0.1, 0.15) is 17.1 Å². The number of piperidine rings is 1. The molecule has 0 radical (unpaired) electrons. The highest BCUT2D eigenvalue weighted by Crippen LogP contribution is 2.29. The van der Waals surface area contributed by atoms with E-state index in [0.717, 1.165) is 18.4 Å². The number of hydrogen-bond acceptors (Lipinski definition) is 5. The second-order valence-electron chi connectivity index (χ2n) is 5.86. The minimum absolute atomic E-state index is 0.0505. The molecule has 1 saturated heterocycles. The fourth-order valence-corrected chi connectivity index (χ4v) is 2.86. The number of hydrogen-bond donors (Lipinski definition) is 2. The summed E-state index contributed by atoms with van der Waals surface area (Å²) in [6, 6.07) is 8.09. The van der Waals surface area contributed by atoms with E-state index in [1.54, 1.807) is 17.3 Å². The Balaban J connectivity index is 1.64. The monoisotopic (exact) mass is 328 g/mol. The summed E-state index contributed by atoms with van der Waals surface area (Å²) in [6.45, 7) is 1.47. The van der Waals surface area contributed by atoms with E-state index >= 15 is 0 Å². The number of carbonyl (C=O) groups is 1. The van der Waals surface area contributed by atoms with Gasteiger partial charge in [-0.2, -0.15) is 0 Å². The number of phenols is 2. The van der Waals surface area contributed by atoms with E-state index in [4.69, 9.17) is 4.74 Å². The van der Waals surface area contributed by atoms with Gasteiger partial charge in [0.25, 0.3) is 5.91 Å². The molecule has 1 aliphatic rings. The van der Waals surface area contributed by atoms with Gasteiger partial charge in [0.05, 0.1) is 12.7 Å². The molecule has 6 nitrogen and oxygen atoms in total. The van der Waals surface area contributed by atoms with Gasteiger partial charge in [-0.1, -0.05) is 12.1 Å². The lowest BCUT2D eigenvalue weighted by Crippen LogP contribution is -2.43. The average molecular weight is 328 g/mol. The number of ether oxygens (including phenoxy) is 1. The summed E-state index contributed by atoms with van der Waals surface area (Å²) < 4.78 is 5.89. The Labute approximate surface area is 140 Å². The Kier molecular flexibility index (Phi) is 4.96. The first-order valence-corrected chi connectivity index (χ1v) is 7.96. The largest absolute Gasteiger partial charge is 0.507 e. The minimum atomic E-state index is -0.375. The summed E-state index contributed by atoms with van der Waals surface area (Å²) >= 11 is 0. The van der Waals surface area contributed by atoms with Gasteiger partial charge in [-0.25, -0.2) is 0 Å². The molecule has 126 valence electrons. The molecule has 1 atom stereocenters. The van der Waals surface area contributed by atoms with Gasteiger partial charge >= 0.3 is 0 Å². The summed E-state index contributed by atoms with van der Waals surface area (Å²) in [7, 11) is 0. The van der Waals surface area contributed by atoms with E-state index in [1.807, 2.05) is 12.1 Å². The van der Waals surface area contributed by atoms with E-state index in [1.165, 1.54) is 18.2 Å². The number of likely N-dealkylation sites (tertiary alicyclic amines) is 1. The van der Waals surface area contributed by atoms with Crippen LogP contribution in [-0.2, 0) is 11.3 Å². The zero-order chi connectivity index (χ0) is 16.9. The molecule has 1 aliphatic heterocycles. The third-order valence-electron chi connectivity index (χ3n) is 4.11. The molecule has 0 spiro atoms. The standard InChI is InChI=1S/C18H20N2O4/c21-15-6-1-7-16(22)17(15)18(23)20-9-3-5-14(11-20)24-12-13-4-2-8-19-10-13/h1-2,4,6-8,10,14,21-22H,3,5,9,11-12H2/t14-/m1/s1. The molecule has 2 aromatic rings. The molecule has 2 heterocycles.